The number of piperazine rings is 1. The van der Waals surface area contributed by atoms with Crippen LogP contribution in [0.2, 0.25) is 0 Å². The van der Waals surface area contributed by atoms with Crippen LogP contribution in [-0.2, 0) is 26.3 Å². The smallest absolute Gasteiger partial charge is 0.301 e. The summed E-state index contributed by atoms with van der Waals surface area (Å²) in [7, 11) is -4.38. The zero-order valence-electron chi connectivity index (χ0n) is 34.1. The Bertz CT molecular complexity index is 2820. The predicted molar refractivity (Wildman–Crippen MR) is 226 cm³/mol. The van der Waals surface area contributed by atoms with E-state index in [0.29, 0.717) is 43.9 Å². The summed E-state index contributed by atoms with van der Waals surface area (Å²) in [5.74, 6) is -5.80. The lowest BCUT2D eigenvalue weighted by Gasteiger charge is -2.36. The third-order valence-electron chi connectivity index (χ3n) is 12.4. The standard InChI is InChI=1S/C44H42F4N8O7S/c45-27-9-12-55(23-27)64(62,63)52-35-6-5-33(46)39(40(35)48)41(59)32-21-50-42-30(32)17-25(20-49-42)24-1-3-28(4-2-24)54-15-13-53(14-16-54)11-10-37(57)31-18-26-22-56(44(61)29(26)19-34(31)47)36-7-8-38(58)51-43(36)60/h1-6,17-21,27,36-37,52,57H,7-16,22-23H2,(H,49,50)(H,51,58,60)/t27-,36-,37+/m1/s1. The van der Waals surface area contributed by atoms with Crippen molar-refractivity contribution in [3.63, 3.8) is 0 Å². The quantitative estimate of drug-likeness (QED) is 0.0784. The van der Waals surface area contributed by atoms with Crippen LogP contribution in [0.3, 0.4) is 0 Å². The fourth-order valence-corrected chi connectivity index (χ4v) is 10.1. The average molecular weight is 903 g/mol. The number of nitrogens with one attached hydrogen (secondary N) is 3. The highest BCUT2D eigenvalue weighted by atomic mass is 32.2. The summed E-state index contributed by atoms with van der Waals surface area (Å²) >= 11 is 0. The van der Waals surface area contributed by atoms with Crippen LogP contribution >= 0.6 is 0 Å². The summed E-state index contributed by atoms with van der Waals surface area (Å²) < 4.78 is 88.2. The number of carbonyl (C=O) groups is 4. The Kier molecular flexibility index (Phi) is 11.5. The lowest BCUT2D eigenvalue weighted by Crippen LogP contribution is -2.52. The van der Waals surface area contributed by atoms with Crippen molar-refractivity contribution < 1.29 is 50.3 Å². The molecule has 15 nitrogen and oxygen atoms in total. The molecule has 20 heteroatoms. The normalized spacial score (nSPS) is 20.2. The SMILES string of the molecule is O=C1CC[C@@H](N2Cc3cc([C@@H](O)CCN4CCN(c5ccc(-c6cnc7[nH]cc(C(=O)c8c(F)ccc(NS(=O)(=O)N9CC[C@@H](F)C9)c8F)c7c6)cc5)CC4)c(F)cc3C2=O)C(=O)N1. The topological polar surface area (TPSA) is 188 Å². The first kappa shape index (κ1) is 43.1. The first-order chi connectivity index (χ1) is 30.6. The molecule has 9 rings (SSSR count). The Hall–Kier alpha value is -6.22. The van der Waals surface area contributed by atoms with E-state index in [1.54, 1.807) is 12.3 Å². The molecule has 3 amide bonds. The number of aromatic amines is 1. The summed E-state index contributed by atoms with van der Waals surface area (Å²) in [5.41, 5.74) is 1.64. The van der Waals surface area contributed by atoms with Crippen molar-refractivity contribution in [3.8, 4) is 11.1 Å². The van der Waals surface area contributed by atoms with E-state index in [2.05, 4.69) is 25.1 Å². The molecule has 0 radical (unpaired) electrons. The Labute approximate surface area is 364 Å². The van der Waals surface area contributed by atoms with E-state index in [-0.39, 0.29) is 66.5 Å². The van der Waals surface area contributed by atoms with Gasteiger partial charge in [-0.3, -0.25) is 34.1 Å². The largest absolute Gasteiger partial charge is 0.388 e. The van der Waals surface area contributed by atoms with Gasteiger partial charge in [0.05, 0.1) is 17.4 Å². The first-order valence-corrected chi connectivity index (χ1v) is 22.2. The fraction of sp³-hybridized carbons (Fsp3) is 0.341. The number of aliphatic hydroxyl groups excluding tert-OH is 1. The van der Waals surface area contributed by atoms with Gasteiger partial charge >= 0.3 is 10.2 Å². The van der Waals surface area contributed by atoms with Crippen molar-refractivity contribution in [2.75, 3.05) is 55.4 Å². The number of anilines is 2. The van der Waals surface area contributed by atoms with E-state index >= 15 is 13.2 Å². The number of hydrogen-bond donors (Lipinski definition) is 4. The van der Waals surface area contributed by atoms with E-state index in [1.807, 2.05) is 29.0 Å². The van der Waals surface area contributed by atoms with Crippen LogP contribution in [-0.4, -0.2) is 119 Å². The van der Waals surface area contributed by atoms with Gasteiger partial charge in [0, 0.05) is 104 Å². The highest BCUT2D eigenvalue weighted by Gasteiger charge is 2.40. The second kappa shape index (κ2) is 17.1. The minimum Gasteiger partial charge on any atom is -0.388 e. The number of H-pyrrole nitrogens is 1. The molecule has 3 fully saturated rings. The lowest BCUT2D eigenvalue weighted by molar-refractivity contribution is -0.136. The highest BCUT2D eigenvalue weighted by molar-refractivity contribution is 7.90. The summed E-state index contributed by atoms with van der Waals surface area (Å²) in [6.07, 6.45) is 0.914. The molecule has 3 aromatic carbocycles. The average Bonchev–Trinajstić information content (AvgIpc) is 4.00. The number of alkyl halides is 1. The minimum absolute atomic E-state index is 0.0140. The van der Waals surface area contributed by atoms with Crippen molar-refractivity contribution >= 4 is 56.1 Å². The molecule has 4 aliphatic heterocycles. The number of imide groups is 1. The fourth-order valence-electron chi connectivity index (χ4n) is 8.85. The number of amides is 3. The van der Waals surface area contributed by atoms with Crippen molar-refractivity contribution in [2.45, 2.75) is 50.5 Å². The van der Waals surface area contributed by atoms with Crippen LogP contribution in [0.4, 0.5) is 28.9 Å². The number of aliphatic hydroxyl groups is 1. The molecule has 4 aliphatic rings. The van der Waals surface area contributed by atoms with Crippen LogP contribution in [0.25, 0.3) is 22.2 Å². The van der Waals surface area contributed by atoms with Gasteiger partial charge in [0.25, 0.3) is 5.91 Å². The lowest BCUT2D eigenvalue weighted by atomic mass is 9.99. The van der Waals surface area contributed by atoms with Gasteiger partial charge in [-0.2, -0.15) is 12.7 Å². The zero-order chi connectivity index (χ0) is 45.0. The van der Waals surface area contributed by atoms with Gasteiger partial charge in [0.15, 0.2) is 5.82 Å². The van der Waals surface area contributed by atoms with Crippen LogP contribution in [0.15, 0.2) is 67.0 Å². The Morgan fingerprint density at radius 1 is 0.938 bits per heavy atom. The molecule has 2 aromatic heterocycles. The molecule has 5 aromatic rings. The molecule has 3 atom stereocenters. The van der Waals surface area contributed by atoms with E-state index in [1.165, 1.54) is 17.2 Å². The molecule has 0 bridgehead atoms. The maximum absolute atomic E-state index is 15.7. The number of ketones is 1. The number of hydrogen-bond acceptors (Lipinski definition) is 10. The van der Waals surface area contributed by atoms with Gasteiger partial charge in [-0.1, -0.05) is 12.1 Å². The monoisotopic (exact) mass is 902 g/mol. The second-order valence-corrected chi connectivity index (χ2v) is 18.1. The van der Waals surface area contributed by atoms with Crippen molar-refractivity contribution in [3.05, 3.63) is 112 Å². The predicted octanol–water partition coefficient (Wildman–Crippen LogP) is 4.59. The Balaban J connectivity index is 0.814. The third-order valence-corrected chi connectivity index (χ3v) is 13.9. The molecule has 334 valence electrons. The number of halogens is 4. The van der Waals surface area contributed by atoms with E-state index < -0.39 is 87.3 Å². The van der Waals surface area contributed by atoms with E-state index in [9.17, 15) is 37.1 Å². The third kappa shape index (κ3) is 8.21. The summed E-state index contributed by atoms with van der Waals surface area (Å²) in [5, 5.41) is 13.6. The molecule has 64 heavy (non-hydrogen) atoms. The number of aromatic nitrogens is 2. The Morgan fingerprint density at radius 3 is 2.42 bits per heavy atom. The molecule has 6 heterocycles. The van der Waals surface area contributed by atoms with Gasteiger partial charge in [0.2, 0.25) is 17.6 Å². The first-order valence-electron chi connectivity index (χ1n) is 20.8. The van der Waals surface area contributed by atoms with E-state index in [4.69, 9.17) is 0 Å². The highest BCUT2D eigenvalue weighted by Crippen LogP contribution is 2.34. The van der Waals surface area contributed by atoms with E-state index in [0.717, 1.165) is 33.8 Å². The summed E-state index contributed by atoms with van der Waals surface area (Å²) in [6.45, 7) is 2.76. The van der Waals surface area contributed by atoms with Crippen LogP contribution in [0, 0.1) is 17.5 Å². The zero-order valence-corrected chi connectivity index (χ0v) is 34.9. The van der Waals surface area contributed by atoms with Crippen LogP contribution in [0.1, 0.15) is 69.2 Å². The number of fused-ring (bicyclic) bond motifs is 2. The van der Waals surface area contributed by atoms with Crippen LogP contribution in [0.5, 0.6) is 0 Å². The van der Waals surface area contributed by atoms with Crippen molar-refractivity contribution in [1.29, 1.82) is 0 Å². The maximum Gasteiger partial charge on any atom is 0.301 e. The van der Waals surface area contributed by atoms with Gasteiger partial charge in [-0.25, -0.2) is 22.5 Å². The molecule has 0 saturated carbocycles. The number of pyridine rings is 1. The van der Waals surface area contributed by atoms with Gasteiger partial charge < -0.3 is 19.9 Å². The van der Waals surface area contributed by atoms with Gasteiger partial charge in [-0.15, -0.1) is 0 Å². The van der Waals surface area contributed by atoms with Gasteiger partial charge in [0.1, 0.15) is 29.5 Å². The second-order valence-electron chi connectivity index (χ2n) is 16.4. The number of piperidine rings is 1. The number of rotatable bonds is 12. The van der Waals surface area contributed by atoms with Crippen LogP contribution < -0.4 is 14.9 Å². The molecule has 4 N–H and O–H groups in total. The minimum atomic E-state index is -4.38. The van der Waals surface area contributed by atoms with Crippen molar-refractivity contribution in [2.24, 2.45) is 0 Å². The molecule has 3 saturated heterocycles. The maximum atomic E-state index is 15.7. The molecule has 0 unspecified atom stereocenters. The number of nitrogens with zero attached hydrogens (tertiary/aromatic N) is 5. The number of carbonyl (C=O) groups excluding carboxylic acids is 4. The van der Waals surface area contributed by atoms with Crippen molar-refractivity contribution in [1.82, 2.24) is 29.4 Å². The molecule has 0 spiro atoms. The molecular formula is C44H42F4N8O7S. The molecule has 0 aliphatic carbocycles. The summed E-state index contributed by atoms with van der Waals surface area (Å²) in [4.78, 5) is 63.8. The summed E-state index contributed by atoms with van der Waals surface area (Å²) in [6, 6.07) is 12.8. The number of benzene rings is 3. The van der Waals surface area contributed by atoms with Gasteiger partial charge in [-0.05, 0) is 72.9 Å². The molecular weight excluding hydrogens is 861 g/mol. The Morgan fingerprint density at radius 2 is 1.70 bits per heavy atom.